The maximum atomic E-state index is 12.9. The van der Waals surface area contributed by atoms with E-state index in [2.05, 4.69) is 10.3 Å². The highest BCUT2D eigenvalue weighted by atomic mass is 19.1. The third-order valence-electron chi connectivity index (χ3n) is 3.79. The fourth-order valence-electron chi connectivity index (χ4n) is 2.81. The molecule has 0 radical (unpaired) electrons. The number of nitrogens with zero attached hydrogens (tertiary/aromatic N) is 1. The fourth-order valence-corrected chi connectivity index (χ4v) is 2.81. The maximum absolute atomic E-state index is 12.9. The van der Waals surface area contributed by atoms with Gasteiger partial charge in [-0.3, -0.25) is 0 Å². The zero-order valence-electron chi connectivity index (χ0n) is 10.7. The van der Waals surface area contributed by atoms with Crippen LogP contribution in [-0.4, -0.2) is 11.0 Å². The van der Waals surface area contributed by atoms with Gasteiger partial charge in [0.15, 0.2) is 0 Å². The molecule has 0 spiro atoms. The topological polar surface area (TPSA) is 24.9 Å². The summed E-state index contributed by atoms with van der Waals surface area (Å²) in [6.45, 7) is 0. The second-order valence-electron chi connectivity index (χ2n) is 5.12. The maximum Gasteiger partial charge on any atom is 0.126 e. The summed E-state index contributed by atoms with van der Waals surface area (Å²) < 4.78 is 12.9. The van der Waals surface area contributed by atoms with Gasteiger partial charge in [-0.1, -0.05) is 18.2 Å². The van der Waals surface area contributed by atoms with Gasteiger partial charge in [-0.25, -0.2) is 9.37 Å². The first-order chi connectivity index (χ1) is 9.31. The standard InChI is InChI=1S/C16H17FN2/c17-14-7-4-12(5-8-14)13-6-9-15(11-13)19-16-3-1-2-10-18-16/h1-5,7-8,10,13,15H,6,9,11H2,(H,18,19). The van der Waals surface area contributed by atoms with Crippen molar-refractivity contribution in [3.8, 4) is 0 Å². The van der Waals surface area contributed by atoms with Crippen molar-refractivity contribution >= 4 is 5.82 Å². The average Bonchev–Trinajstić information content (AvgIpc) is 2.89. The number of halogens is 1. The van der Waals surface area contributed by atoms with E-state index in [1.807, 2.05) is 30.3 Å². The van der Waals surface area contributed by atoms with E-state index >= 15 is 0 Å². The number of anilines is 1. The van der Waals surface area contributed by atoms with Gasteiger partial charge < -0.3 is 5.32 Å². The number of hydrogen-bond acceptors (Lipinski definition) is 2. The van der Waals surface area contributed by atoms with Crippen molar-refractivity contribution < 1.29 is 4.39 Å². The lowest BCUT2D eigenvalue weighted by Crippen LogP contribution is -2.16. The third-order valence-corrected chi connectivity index (χ3v) is 3.79. The molecule has 1 saturated carbocycles. The quantitative estimate of drug-likeness (QED) is 0.898. The molecule has 0 bridgehead atoms. The summed E-state index contributed by atoms with van der Waals surface area (Å²) in [5.74, 6) is 1.30. The molecule has 98 valence electrons. The number of aromatic nitrogens is 1. The predicted molar refractivity (Wildman–Crippen MR) is 74.6 cm³/mol. The van der Waals surface area contributed by atoms with Crippen LogP contribution >= 0.6 is 0 Å². The van der Waals surface area contributed by atoms with Crippen molar-refractivity contribution in [1.29, 1.82) is 0 Å². The molecule has 19 heavy (non-hydrogen) atoms. The molecule has 2 atom stereocenters. The van der Waals surface area contributed by atoms with Gasteiger partial charge in [0.05, 0.1) is 0 Å². The van der Waals surface area contributed by atoms with E-state index in [0.717, 1.165) is 25.1 Å². The summed E-state index contributed by atoms with van der Waals surface area (Å²) in [7, 11) is 0. The number of benzene rings is 1. The van der Waals surface area contributed by atoms with Gasteiger partial charge in [-0.15, -0.1) is 0 Å². The Morgan fingerprint density at radius 2 is 1.89 bits per heavy atom. The van der Waals surface area contributed by atoms with Crippen molar-refractivity contribution in [3.63, 3.8) is 0 Å². The van der Waals surface area contributed by atoms with Gasteiger partial charge in [0.1, 0.15) is 11.6 Å². The SMILES string of the molecule is Fc1ccc(C2CCC(Nc3ccccn3)C2)cc1. The molecule has 1 aromatic carbocycles. The van der Waals surface area contributed by atoms with Gasteiger partial charge in [0, 0.05) is 12.2 Å². The summed E-state index contributed by atoms with van der Waals surface area (Å²) in [4.78, 5) is 4.29. The Bertz CT molecular complexity index is 524. The highest BCUT2D eigenvalue weighted by Gasteiger charge is 2.25. The summed E-state index contributed by atoms with van der Waals surface area (Å²) in [6, 6.07) is 13.3. The Hall–Kier alpha value is -1.90. The molecule has 0 amide bonds. The van der Waals surface area contributed by atoms with E-state index in [9.17, 15) is 4.39 Å². The van der Waals surface area contributed by atoms with Crippen LogP contribution in [-0.2, 0) is 0 Å². The molecule has 1 N–H and O–H groups in total. The van der Waals surface area contributed by atoms with Gasteiger partial charge in [0.25, 0.3) is 0 Å². The van der Waals surface area contributed by atoms with Crippen LogP contribution in [0.15, 0.2) is 48.7 Å². The zero-order valence-corrected chi connectivity index (χ0v) is 10.7. The van der Waals surface area contributed by atoms with Gasteiger partial charge in [-0.05, 0) is 55.0 Å². The molecule has 1 aliphatic carbocycles. The van der Waals surface area contributed by atoms with E-state index in [1.54, 1.807) is 18.3 Å². The summed E-state index contributed by atoms with van der Waals surface area (Å²) in [5.41, 5.74) is 1.24. The Morgan fingerprint density at radius 3 is 2.63 bits per heavy atom. The highest BCUT2D eigenvalue weighted by molar-refractivity contribution is 5.35. The van der Waals surface area contributed by atoms with Gasteiger partial charge in [-0.2, -0.15) is 0 Å². The highest BCUT2D eigenvalue weighted by Crippen LogP contribution is 2.35. The zero-order chi connectivity index (χ0) is 13.1. The second-order valence-corrected chi connectivity index (χ2v) is 5.12. The molecule has 1 heterocycles. The molecular formula is C16H17FN2. The molecule has 2 aromatic rings. The lowest BCUT2D eigenvalue weighted by molar-refractivity contribution is 0.624. The fraction of sp³-hybridized carbons (Fsp3) is 0.312. The molecule has 0 aliphatic heterocycles. The van der Waals surface area contributed by atoms with Crippen molar-refractivity contribution in [2.75, 3.05) is 5.32 Å². The molecule has 3 rings (SSSR count). The molecule has 1 aliphatic rings. The summed E-state index contributed by atoms with van der Waals surface area (Å²) >= 11 is 0. The third kappa shape index (κ3) is 2.92. The lowest BCUT2D eigenvalue weighted by Gasteiger charge is -2.14. The van der Waals surface area contributed by atoms with E-state index in [-0.39, 0.29) is 5.82 Å². The molecule has 1 fully saturated rings. The summed E-state index contributed by atoms with van der Waals surface area (Å²) in [6.07, 6.45) is 5.17. The number of rotatable bonds is 3. The van der Waals surface area contributed by atoms with Gasteiger partial charge >= 0.3 is 0 Å². The predicted octanol–water partition coefficient (Wildman–Crippen LogP) is 3.97. The van der Waals surface area contributed by atoms with Crippen molar-refractivity contribution in [2.45, 2.75) is 31.2 Å². The number of hydrogen-bond donors (Lipinski definition) is 1. The largest absolute Gasteiger partial charge is 0.367 e. The second kappa shape index (κ2) is 5.39. The molecule has 1 aromatic heterocycles. The number of pyridine rings is 1. The monoisotopic (exact) mass is 256 g/mol. The van der Waals surface area contributed by atoms with E-state index in [4.69, 9.17) is 0 Å². The van der Waals surface area contributed by atoms with Crippen LogP contribution in [0.4, 0.5) is 10.2 Å². The summed E-state index contributed by atoms with van der Waals surface area (Å²) in [5, 5.41) is 3.47. The minimum absolute atomic E-state index is 0.162. The first-order valence-electron chi connectivity index (χ1n) is 6.74. The van der Waals surface area contributed by atoms with E-state index in [1.165, 1.54) is 5.56 Å². The van der Waals surface area contributed by atoms with Gasteiger partial charge in [0.2, 0.25) is 0 Å². The smallest absolute Gasteiger partial charge is 0.126 e. The van der Waals surface area contributed by atoms with Crippen LogP contribution in [0, 0.1) is 5.82 Å². The normalized spacial score (nSPS) is 22.4. The van der Waals surface area contributed by atoms with Crippen molar-refractivity contribution in [3.05, 3.63) is 60.0 Å². The Balaban J connectivity index is 1.62. The van der Waals surface area contributed by atoms with Crippen LogP contribution in [0.2, 0.25) is 0 Å². The lowest BCUT2D eigenvalue weighted by atomic mass is 9.97. The van der Waals surface area contributed by atoms with Crippen molar-refractivity contribution in [1.82, 2.24) is 4.98 Å². The number of nitrogens with one attached hydrogen (secondary N) is 1. The Kier molecular flexibility index (Phi) is 3.45. The minimum Gasteiger partial charge on any atom is -0.367 e. The first kappa shape index (κ1) is 12.2. The van der Waals surface area contributed by atoms with Crippen LogP contribution < -0.4 is 5.32 Å². The van der Waals surface area contributed by atoms with Crippen molar-refractivity contribution in [2.24, 2.45) is 0 Å². The molecule has 2 nitrogen and oxygen atoms in total. The Morgan fingerprint density at radius 1 is 1.05 bits per heavy atom. The first-order valence-corrected chi connectivity index (χ1v) is 6.74. The minimum atomic E-state index is -0.162. The van der Waals surface area contributed by atoms with Crippen LogP contribution in [0.25, 0.3) is 0 Å². The molecule has 2 unspecified atom stereocenters. The van der Waals surface area contributed by atoms with Crippen LogP contribution in [0.3, 0.4) is 0 Å². The van der Waals surface area contributed by atoms with Crippen LogP contribution in [0.1, 0.15) is 30.7 Å². The van der Waals surface area contributed by atoms with E-state index in [0.29, 0.717) is 12.0 Å². The molecule has 3 heteroatoms. The van der Waals surface area contributed by atoms with Crippen LogP contribution in [0.5, 0.6) is 0 Å². The average molecular weight is 256 g/mol. The molecular weight excluding hydrogens is 239 g/mol. The Labute approximate surface area is 112 Å². The molecule has 0 saturated heterocycles. The van der Waals surface area contributed by atoms with E-state index < -0.39 is 0 Å².